The Morgan fingerprint density at radius 1 is 1.25 bits per heavy atom. The fraction of sp³-hybridized carbons (Fsp3) is 0.154. The first-order valence-corrected chi connectivity index (χ1v) is 5.78. The summed E-state index contributed by atoms with van der Waals surface area (Å²) < 4.78 is 0. The second-order valence-corrected chi connectivity index (χ2v) is 4.65. The van der Waals surface area contributed by atoms with Crippen molar-refractivity contribution >= 4 is 17.6 Å². The maximum atomic E-state index is 7.58. The van der Waals surface area contributed by atoms with E-state index in [-0.39, 0.29) is 5.84 Å². The molecule has 0 amide bonds. The van der Waals surface area contributed by atoms with Gasteiger partial charge in [0.15, 0.2) is 0 Å². The van der Waals surface area contributed by atoms with Gasteiger partial charge in [-0.1, -0.05) is 42.1 Å². The van der Waals surface area contributed by atoms with E-state index in [0.29, 0.717) is 0 Å². The van der Waals surface area contributed by atoms with Crippen molar-refractivity contribution in [2.45, 2.75) is 18.7 Å². The van der Waals surface area contributed by atoms with Crippen molar-refractivity contribution in [3.8, 4) is 0 Å². The van der Waals surface area contributed by atoms with Crippen LogP contribution in [0.25, 0.3) is 0 Å². The van der Waals surface area contributed by atoms with Gasteiger partial charge in [-0.3, -0.25) is 5.41 Å². The number of amidine groups is 1. The molecule has 0 spiro atoms. The van der Waals surface area contributed by atoms with Crippen LogP contribution < -0.4 is 5.73 Å². The van der Waals surface area contributed by atoms with Crippen molar-refractivity contribution in [3.05, 3.63) is 53.0 Å². The van der Waals surface area contributed by atoms with Crippen LogP contribution in [0.5, 0.6) is 0 Å². The van der Waals surface area contributed by atoms with E-state index in [1.807, 2.05) is 44.2 Å². The van der Waals surface area contributed by atoms with E-state index < -0.39 is 0 Å². The first-order valence-electron chi connectivity index (χ1n) is 4.96. The Hall–Kier alpha value is -1.48. The SMILES string of the molecule is C=C(C)/C(C)=C(\Sc1ccccc1)C(=N)N. The van der Waals surface area contributed by atoms with E-state index in [1.54, 1.807) is 0 Å². The highest BCUT2D eigenvalue weighted by Gasteiger charge is 2.08. The molecule has 0 fully saturated rings. The highest BCUT2D eigenvalue weighted by Crippen LogP contribution is 2.30. The third-order valence-electron chi connectivity index (χ3n) is 2.19. The Labute approximate surface area is 101 Å². The molecule has 0 radical (unpaired) electrons. The Kier molecular flexibility index (Phi) is 4.38. The minimum Gasteiger partial charge on any atom is -0.383 e. The summed E-state index contributed by atoms with van der Waals surface area (Å²) in [5.41, 5.74) is 7.50. The molecule has 0 atom stereocenters. The number of thioether (sulfide) groups is 1. The van der Waals surface area contributed by atoms with Crippen molar-refractivity contribution in [2.24, 2.45) is 5.73 Å². The molecule has 3 heteroatoms. The number of nitrogens with one attached hydrogen (secondary N) is 1. The molecule has 1 aromatic carbocycles. The van der Waals surface area contributed by atoms with Gasteiger partial charge in [0.05, 0.1) is 4.91 Å². The summed E-state index contributed by atoms with van der Waals surface area (Å²) in [6.07, 6.45) is 0. The fourth-order valence-corrected chi connectivity index (χ4v) is 2.10. The van der Waals surface area contributed by atoms with Crippen molar-refractivity contribution in [3.63, 3.8) is 0 Å². The second-order valence-electron chi connectivity index (χ2n) is 3.56. The van der Waals surface area contributed by atoms with Crippen LogP contribution in [0.3, 0.4) is 0 Å². The number of hydrogen-bond donors (Lipinski definition) is 2. The quantitative estimate of drug-likeness (QED) is 0.361. The van der Waals surface area contributed by atoms with Crippen molar-refractivity contribution < 1.29 is 0 Å². The van der Waals surface area contributed by atoms with Gasteiger partial charge in [0, 0.05) is 4.90 Å². The van der Waals surface area contributed by atoms with Crippen LogP contribution in [0.2, 0.25) is 0 Å². The molecule has 0 aliphatic heterocycles. The summed E-state index contributed by atoms with van der Waals surface area (Å²) >= 11 is 1.50. The zero-order chi connectivity index (χ0) is 12.1. The molecule has 1 aromatic rings. The lowest BCUT2D eigenvalue weighted by molar-refractivity contribution is 1.34. The van der Waals surface area contributed by atoms with Gasteiger partial charge >= 0.3 is 0 Å². The maximum Gasteiger partial charge on any atom is 0.129 e. The van der Waals surface area contributed by atoms with Gasteiger partial charge in [-0.15, -0.1) is 0 Å². The minimum absolute atomic E-state index is 0.0920. The predicted molar refractivity (Wildman–Crippen MR) is 71.7 cm³/mol. The van der Waals surface area contributed by atoms with E-state index >= 15 is 0 Å². The molecule has 2 nitrogen and oxygen atoms in total. The lowest BCUT2D eigenvalue weighted by atomic mass is 10.1. The highest BCUT2D eigenvalue weighted by atomic mass is 32.2. The van der Waals surface area contributed by atoms with Crippen molar-refractivity contribution in [1.82, 2.24) is 0 Å². The largest absolute Gasteiger partial charge is 0.383 e. The van der Waals surface area contributed by atoms with Crippen LogP contribution in [-0.4, -0.2) is 5.84 Å². The average molecular weight is 232 g/mol. The minimum atomic E-state index is 0.0920. The molecular formula is C13H16N2S. The molecular weight excluding hydrogens is 216 g/mol. The van der Waals surface area contributed by atoms with Crippen molar-refractivity contribution in [1.29, 1.82) is 5.41 Å². The normalized spacial score (nSPS) is 11.9. The van der Waals surface area contributed by atoms with Gasteiger partial charge in [0.1, 0.15) is 5.84 Å². The smallest absolute Gasteiger partial charge is 0.129 e. The van der Waals surface area contributed by atoms with E-state index in [1.165, 1.54) is 11.8 Å². The number of benzene rings is 1. The monoisotopic (exact) mass is 232 g/mol. The van der Waals surface area contributed by atoms with Gasteiger partial charge in [-0.25, -0.2) is 0 Å². The van der Waals surface area contributed by atoms with Crippen LogP contribution in [-0.2, 0) is 0 Å². The molecule has 0 bridgehead atoms. The molecule has 16 heavy (non-hydrogen) atoms. The average Bonchev–Trinajstić information content (AvgIpc) is 2.26. The van der Waals surface area contributed by atoms with Crippen LogP contribution in [0.15, 0.2) is 57.9 Å². The van der Waals surface area contributed by atoms with Gasteiger partial charge < -0.3 is 5.73 Å². The molecule has 0 aliphatic rings. The Bertz CT molecular complexity index is 433. The van der Waals surface area contributed by atoms with E-state index in [2.05, 4.69) is 6.58 Å². The molecule has 0 aliphatic carbocycles. The molecule has 1 rings (SSSR count). The second kappa shape index (κ2) is 5.56. The lowest BCUT2D eigenvalue weighted by Crippen LogP contribution is -2.12. The van der Waals surface area contributed by atoms with Crippen LogP contribution in [0.4, 0.5) is 0 Å². The number of allylic oxidation sites excluding steroid dienone is 2. The van der Waals surface area contributed by atoms with Gasteiger partial charge in [-0.05, 0) is 31.6 Å². The zero-order valence-corrected chi connectivity index (χ0v) is 10.4. The summed E-state index contributed by atoms with van der Waals surface area (Å²) in [5, 5.41) is 7.58. The van der Waals surface area contributed by atoms with E-state index in [9.17, 15) is 0 Å². The van der Waals surface area contributed by atoms with E-state index in [0.717, 1.165) is 20.9 Å². The van der Waals surface area contributed by atoms with E-state index in [4.69, 9.17) is 11.1 Å². The standard InChI is InChI=1S/C13H16N2S/c1-9(2)10(3)12(13(14)15)16-11-7-5-4-6-8-11/h4-8H,1H2,2-3H3,(H3,14,15)/b12-10-. The Balaban J connectivity index is 3.03. The summed E-state index contributed by atoms with van der Waals surface area (Å²) in [5.74, 6) is 0.0920. The lowest BCUT2D eigenvalue weighted by Gasteiger charge is -2.10. The fourth-order valence-electron chi connectivity index (χ4n) is 1.13. The first kappa shape index (κ1) is 12.6. The molecule has 0 saturated heterocycles. The topological polar surface area (TPSA) is 49.9 Å². The van der Waals surface area contributed by atoms with Gasteiger partial charge in [-0.2, -0.15) is 0 Å². The summed E-state index contributed by atoms with van der Waals surface area (Å²) in [6, 6.07) is 9.90. The molecule has 84 valence electrons. The van der Waals surface area contributed by atoms with Crippen LogP contribution in [0.1, 0.15) is 13.8 Å². The molecule has 0 aromatic heterocycles. The number of hydrogen-bond acceptors (Lipinski definition) is 2. The molecule has 3 N–H and O–H groups in total. The Morgan fingerprint density at radius 2 is 1.81 bits per heavy atom. The van der Waals surface area contributed by atoms with Crippen LogP contribution >= 0.6 is 11.8 Å². The Morgan fingerprint density at radius 3 is 2.25 bits per heavy atom. The summed E-state index contributed by atoms with van der Waals surface area (Å²) in [6.45, 7) is 7.74. The number of nitrogens with two attached hydrogens (primary N) is 1. The third kappa shape index (κ3) is 3.28. The highest BCUT2D eigenvalue weighted by molar-refractivity contribution is 8.04. The third-order valence-corrected chi connectivity index (χ3v) is 3.43. The van der Waals surface area contributed by atoms with Crippen LogP contribution in [0, 0.1) is 5.41 Å². The zero-order valence-electron chi connectivity index (χ0n) is 9.58. The summed E-state index contributed by atoms with van der Waals surface area (Å²) in [7, 11) is 0. The van der Waals surface area contributed by atoms with Gasteiger partial charge in [0.25, 0.3) is 0 Å². The van der Waals surface area contributed by atoms with Crippen molar-refractivity contribution in [2.75, 3.05) is 0 Å². The number of rotatable bonds is 4. The molecule has 0 saturated carbocycles. The summed E-state index contributed by atoms with van der Waals surface area (Å²) in [4.78, 5) is 1.85. The first-order chi connectivity index (χ1) is 7.52. The molecule has 0 unspecified atom stereocenters. The molecule has 0 heterocycles. The van der Waals surface area contributed by atoms with Gasteiger partial charge in [0.2, 0.25) is 0 Å². The maximum absolute atomic E-state index is 7.58. The predicted octanol–water partition coefficient (Wildman–Crippen LogP) is 3.56.